The van der Waals surface area contributed by atoms with Gasteiger partial charge in [0, 0.05) is 0 Å². The Morgan fingerprint density at radius 1 is 1.11 bits per heavy atom. The summed E-state index contributed by atoms with van der Waals surface area (Å²) in [5.74, 6) is 0. The van der Waals surface area contributed by atoms with Gasteiger partial charge in [-0.05, 0) is 27.7 Å². The molecule has 3 heterocycles. The molecular weight excluding hydrogens is 231 g/mol. The maximum atomic E-state index is 5.97. The van der Waals surface area contributed by atoms with Crippen LogP contribution in [0.25, 0.3) is 11.0 Å². The van der Waals surface area contributed by atoms with Crippen LogP contribution in [0.3, 0.4) is 0 Å². The number of nitrogens with zero attached hydrogens (tertiary/aromatic N) is 3. The Morgan fingerprint density at radius 2 is 1.78 bits per heavy atom. The number of hydrogen-bond acceptors (Lipinski definition) is 5. The van der Waals surface area contributed by atoms with Crippen LogP contribution in [0.15, 0.2) is 12.5 Å². The van der Waals surface area contributed by atoms with E-state index < -0.39 is 7.12 Å². The molecular formula is C11H15BN4O2. The molecule has 1 saturated heterocycles. The molecule has 0 aliphatic carbocycles. The fourth-order valence-corrected chi connectivity index (χ4v) is 1.93. The first kappa shape index (κ1) is 11.6. The van der Waals surface area contributed by atoms with Gasteiger partial charge in [-0.25, -0.2) is 9.97 Å². The molecule has 3 rings (SSSR count). The van der Waals surface area contributed by atoms with Crippen molar-refractivity contribution < 1.29 is 9.31 Å². The molecule has 1 fully saturated rings. The molecule has 0 unspecified atom stereocenters. The predicted octanol–water partition coefficient (Wildman–Crippen LogP) is 0.652. The highest BCUT2D eigenvalue weighted by molar-refractivity contribution is 6.64. The third-order valence-electron chi connectivity index (χ3n) is 3.76. The molecule has 0 spiro atoms. The van der Waals surface area contributed by atoms with Gasteiger partial charge in [0.15, 0.2) is 5.65 Å². The number of aromatic nitrogens is 4. The van der Waals surface area contributed by atoms with Crippen LogP contribution in [0, 0.1) is 0 Å². The van der Waals surface area contributed by atoms with E-state index in [1.165, 1.54) is 6.33 Å². The number of fused-ring (bicyclic) bond motifs is 1. The highest BCUT2D eigenvalue weighted by Gasteiger charge is 2.52. The molecule has 2 aromatic heterocycles. The Kier molecular flexibility index (Phi) is 2.27. The number of hydrogen-bond donors (Lipinski definition) is 1. The molecule has 0 saturated carbocycles. The second-order valence-corrected chi connectivity index (χ2v) is 5.48. The predicted molar refractivity (Wildman–Crippen MR) is 67.4 cm³/mol. The summed E-state index contributed by atoms with van der Waals surface area (Å²) in [6, 6.07) is 0. The molecule has 0 aromatic carbocycles. The number of nitrogens with one attached hydrogen (secondary N) is 1. The first-order chi connectivity index (χ1) is 8.41. The summed E-state index contributed by atoms with van der Waals surface area (Å²) in [7, 11) is -0.488. The average Bonchev–Trinajstić information content (AvgIpc) is 2.81. The fourth-order valence-electron chi connectivity index (χ4n) is 1.93. The van der Waals surface area contributed by atoms with Gasteiger partial charge in [-0.2, -0.15) is 5.10 Å². The summed E-state index contributed by atoms with van der Waals surface area (Å²) >= 11 is 0. The lowest BCUT2D eigenvalue weighted by molar-refractivity contribution is 0.00578. The lowest BCUT2D eigenvalue weighted by Crippen LogP contribution is -2.41. The SMILES string of the molecule is CC1(C)OB(c2ncnc3[nH]ncc23)OC1(C)C. The van der Waals surface area contributed by atoms with Crippen molar-refractivity contribution in [3.8, 4) is 0 Å². The van der Waals surface area contributed by atoms with Crippen LogP contribution in [0.2, 0.25) is 0 Å². The van der Waals surface area contributed by atoms with Crippen molar-refractivity contribution in [3.63, 3.8) is 0 Å². The van der Waals surface area contributed by atoms with Crippen LogP contribution in [0.1, 0.15) is 27.7 Å². The number of H-pyrrole nitrogens is 1. The largest absolute Gasteiger partial charge is 0.515 e. The first-order valence-electron chi connectivity index (χ1n) is 5.90. The molecule has 2 aromatic rings. The molecule has 0 atom stereocenters. The van der Waals surface area contributed by atoms with E-state index in [0.29, 0.717) is 11.2 Å². The zero-order valence-electron chi connectivity index (χ0n) is 10.9. The van der Waals surface area contributed by atoms with Gasteiger partial charge in [0.2, 0.25) is 0 Å². The van der Waals surface area contributed by atoms with Crippen molar-refractivity contribution >= 4 is 23.7 Å². The van der Waals surface area contributed by atoms with E-state index in [0.717, 1.165) is 5.39 Å². The summed E-state index contributed by atoms with van der Waals surface area (Å²) in [6.07, 6.45) is 3.18. The second kappa shape index (κ2) is 3.52. The Balaban J connectivity index is 2.05. The molecule has 1 N–H and O–H groups in total. The Morgan fingerprint density at radius 3 is 2.44 bits per heavy atom. The van der Waals surface area contributed by atoms with Gasteiger partial charge < -0.3 is 9.31 Å². The van der Waals surface area contributed by atoms with Crippen molar-refractivity contribution in [2.45, 2.75) is 38.9 Å². The van der Waals surface area contributed by atoms with Crippen LogP contribution in [0.5, 0.6) is 0 Å². The monoisotopic (exact) mass is 246 g/mol. The maximum Gasteiger partial charge on any atom is 0.515 e. The zero-order valence-corrected chi connectivity index (χ0v) is 10.9. The zero-order chi connectivity index (χ0) is 13.0. The molecule has 0 bridgehead atoms. The highest BCUT2D eigenvalue weighted by atomic mass is 16.7. The van der Waals surface area contributed by atoms with E-state index >= 15 is 0 Å². The molecule has 1 aliphatic heterocycles. The molecule has 7 heteroatoms. The quantitative estimate of drug-likeness (QED) is 0.748. The lowest BCUT2D eigenvalue weighted by Gasteiger charge is -2.32. The smallest absolute Gasteiger partial charge is 0.398 e. The summed E-state index contributed by atoms with van der Waals surface area (Å²) in [4.78, 5) is 8.38. The number of aromatic amines is 1. The van der Waals surface area contributed by atoms with Gasteiger partial charge in [-0.3, -0.25) is 5.10 Å². The van der Waals surface area contributed by atoms with E-state index in [1.54, 1.807) is 6.20 Å². The normalized spacial score (nSPS) is 21.7. The highest BCUT2D eigenvalue weighted by Crippen LogP contribution is 2.36. The third-order valence-corrected chi connectivity index (χ3v) is 3.76. The van der Waals surface area contributed by atoms with Gasteiger partial charge in [-0.15, -0.1) is 0 Å². The summed E-state index contributed by atoms with van der Waals surface area (Å²) in [5.41, 5.74) is 0.652. The van der Waals surface area contributed by atoms with Crippen LogP contribution in [0.4, 0.5) is 0 Å². The Hall–Kier alpha value is -1.47. The molecule has 18 heavy (non-hydrogen) atoms. The first-order valence-corrected chi connectivity index (χ1v) is 5.90. The van der Waals surface area contributed by atoms with E-state index in [4.69, 9.17) is 9.31 Å². The van der Waals surface area contributed by atoms with Gasteiger partial charge in [-0.1, -0.05) is 0 Å². The standard InChI is InChI=1S/C11H15BN4O2/c1-10(2)11(3,4)18-12(17-10)8-7-5-15-16-9(7)14-6-13-8/h5-6H,1-4H3,(H,13,14,15,16). The minimum Gasteiger partial charge on any atom is -0.398 e. The summed E-state index contributed by atoms with van der Waals surface area (Å²) in [5, 5.41) is 7.61. The van der Waals surface area contributed by atoms with Crippen LogP contribution >= 0.6 is 0 Å². The minimum absolute atomic E-state index is 0.376. The van der Waals surface area contributed by atoms with Crippen molar-refractivity contribution in [1.29, 1.82) is 0 Å². The topological polar surface area (TPSA) is 72.9 Å². The Bertz CT molecular complexity index is 579. The summed E-state index contributed by atoms with van der Waals surface area (Å²) < 4.78 is 11.9. The molecule has 0 radical (unpaired) electrons. The van der Waals surface area contributed by atoms with Crippen LogP contribution in [-0.4, -0.2) is 38.5 Å². The van der Waals surface area contributed by atoms with E-state index in [1.807, 2.05) is 27.7 Å². The minimum atomic E-state index is -0.488. The average molecular weight is 246 g/mol. The van der Waals surface area contributed by atoms with Gasteiger partial charge in [0.25, 0.3) is 0 Å². The summed E-state index contributed by atoms with van der Waals surface area (Å²) in [6.45, 7) is 8.06. The Labute approximate surface area is 105 Å². The molecule has 6 nitrogen and oxygen atoms in total. The van der Waals surface area contributed by atoms with E-state index in [2.05, 4.69) is 20.2 Å². The maximum absolute atomic E-state index is 5.97. The molecule has 0 amide bonds. The van der Waals surface area contributed by atoms with E-state index in [-0.39, 0.29) is 11.2 Å². The third kappa shape index (κ3) is 1.54. The van der Waals surface area contributed by atoms with Crippen molar-refractivity contribution in [2.75, 3.05) is 0 Å². The van der Waals surface area contributed by atoms with Gasteiger partial charge >= 0.3 is 7.12 Å². The van der Waals surface area contributed by atoms with Crippen molar-refractivity contribution in [3.05, 3.63) is 12.5 Å². The van der Waals surface area contributed by atoms with Crippen LogP contribution in [-0.2, 0) is 9.31 Å². The molecule has 1 aliphatic rings. The fraction of sp³-hybridized carbons (Fsp3) is 0.545. The van der Waals surface area contributed by atoms with Gasteiger partial charge in [0.05, 0.1) is 28.4 Å². The number of rotatable bonds is 1. The molecule has 94 valence electrons. The van der Waals surface area contributed by atoms with Crippen molar-refractivity contribution in [1.82, 2.24) is 20.2 Å². The van der Waals surface area contributed by atoms with Gasteiger partial charge in [0.1, 0.15) is 6.33 Å². The lowest BCUT2D eigenvalue weighted by atomic mass is 9.83. The van der Waals surface area contributed by atoms with Crippen molar-refractivity contribution in [2.24, 2.45) is 0 Å². The second-order valence-electron chi connectivity index (χ2n) is 5.48. The van der Waals surface area contributed by atoms with E-state index in [9.17, 15) is 0 Å². The van der Waals surface area contributed by atoms with Crippen LogP contribution < -0.4 is 5.59 Å².